The first-order valence-corrected chi connectivity index (χ1v) is 9.17. The number of nitriles is 1. The molecule has 3 nitrogen and oxygen atoms in total. The van der Waals surface area contributed by atoms with Gasteiger partial charge in [-0.05, 0) is 68.8 Å². The highest BCUT2D eigenvalue weighted by molar-refractivity contribution is 5.33. The highest BCUT2D eigenvalue weighted by Gasteiger charge is 2.57. The quantitative estimate of drug-likeness (QED) is 0.785. The first-order valence-electron chi connectivity index (χ1n) is 9.17. The zero-order valence-electron chi connectivity index (χ0n) is 14.1. The molecule has 4 aliphatic carbocycles. The van der Waals surface area contributed by atoms with Crippen LogP contribution in [0.2, 0.25) is 0 Å². The highest BCUT2D eigenvalue weighted by atomic mass is 16.5. The molecular weight excluding hydrogens is 286 g/mol. The molecular formula is C20H27NO2. The number of methoxy groups -OCH3 is 1. The molecule has 3 heteroatoms. The van der Waals surface area contributed by atoms with Gasteiger partial charge in [0.2, 0.25) is 0 Å². The number of aliphatic hydroxyl groups excluding tert-OH is 1. The Balaban J connectivity index is 1.62. The number of aliphatic hydroxyl groups is 1. The van der Waals surface area contributed by atoms with Crippen molar-refractivity contribution in [2.45, 2.75) is 51.4 Å². The Labute approximate surface area is 139 Å². The van der Waals surface area contributed by atoms with Crippen molar-refractivity contribution in [3.05, 3.63) is 23.0 Å². The smallest absolute Gasteiger partial charge is 0.0959 e. The summed E-state index contributed by atoms with van der Waals surface area (Å²) in [5, 5.41) is 19.7. The lowest BCUT2D eigenvalue weighted by Gasteiger charge is -2.51. The van der Waals surface area contributed by atoms with Crippen molar-refractivity contribution in [3.8, 4) is 6.07 Å². The van der Waals surface area contributed by atoms with E-state index in [9.17, 15) is 10.4 Å². The summed E-state index contributed by atoms with van der Waals surface area (Å²) in [5.41, 5.74) is 3.20. The van der Waals surface area contributed by atoms with Gasteiger partial charge in [0.15, 0.2) is 0 Å². The van der Waals surface area contributed by atoms with Crippen LogP contribution in [-0.2, 0) is 4.74 Å². The summed E-state index contributed by atoms with van der Waals surface area (Å²) in [6.07, 6.45) is 11.1. The molecule has 0 aromatic rings. The Hall–Kier alpha value is -1.27. The van der Waals surface area contributed by atoms with Gasteiger partial charge < -0.3 is 9.84 Å². The van der Waals surface area contributed by atoms with Crippen LogP contribution in [0.15, 0.2) is 23.0 Å². The van der Waals surface area contributed by atoms with E-state index in [1.54, 1.807) is 18.3 Å². The molecule has 0 aliphatic heterocycles. The molecule has 4 rings (SSSR count). The number of fused-ring (bicyclic) bond motifs is 4. The van der Waals surface area contributed by atoms with Crippen LogP contribution in [-0.4, -0.2) is 18.8 Å². The van der Waals surface area contributed by atoms with Gasteiger partial charge in [-0.3, -0.25) is 0 Å². The van der Waals surface area contributed by atoms with Crippen LogP contribution in [0.1, 0.15) is 51.4 Å². The lowest BCUT2D eigenvalue weighted by molar-refractivity contribution is -0.0303. The van der Waals surface area contributed by atoms with Crippen molar-refractivity contribution in [2.24, 2.45) is 29.1 Å². The third-order valence-corrected chi connectivity index (χ3v) is 7.48. The van der Waals surface area contributed by atoms with Crippen LogP contribution in [0.25, 0.3) is 0 Å². The van der Waals surface area contributed by atoms with Crippen LogP contribution >= 0.6 is 0 Å². The van der Waals surface area contributed by atoms with E-state index in [0.717, 1.165) is 44.3 Å². The van der Waals surface area contributed by atoms with Crippen molar-refractivity contribution in [2.75, 3.05) is 13.7 Å². The number of nitrogens with zero attached hydrogens (tertiary/aromatic N) is 1. The van der Waals surface area contributed by atoms with E-state index in [2.05, 4.69) is 12.1 Å². The summed E-state index contributed by atoms with van der Waals surface area (Å²) in [5.74, 6) is 3.13. The van der Waals surface area contributed by atoms with Gasteiger partial charge >= 0.3 is 0 Å². The Morgan fingerprint density at radius 1 is 1.35 bits per heavy atom. The van der Waals surface area contributed by atoms with E-state index >= 15 is 0 Å². The Kier molecular flexibility index (Phi) is 3.76. The van der Waals surface area contributed by atoms with Crippen LogP contribution < -0.4 is 0 Å². The van der Waals surface area contributed by atoms with Crippen molar-refractivity contribution < 1.29 is 9.84 Å². The summed E-state index contributed by atoms with van der Waals surface area (Å²) >= 11 is 0. The third kappa shape index (κ3) is 2.11. The zero-order valence-corrected chi connectivity index (χ0v) is 14.1. The first kappa shape index (κ1) is 15.3. The number of hydrogen-bond acceptors (Lipinski definition) is 3. The topological polar surface area (TPSA) is 53.2 Å². The van der Waals surface area contributed by atoms with Crippen LogP contribution in [0, 0.1) is 40.4 Å². The summed E-state index contributed by atoms with van der Waals surface area (Å²) in [4.78, 5) is 0. The molecule has 0 heterocycles. The predicted molar refractivity (Wildman–Crippen MR) is 88.1 cm³/mol. The van der Waals surface area contributed by atoms with Gasteiger partial charge in [0, 0.05) is 11.8 Å². The van der Waals surface area contributed by atoms with Gasteiger partial charge in [-0.25, -0.2) is 0 Å². The maximum Gasteiger partial charge on any atom is 0.0959 e. The Bertz CT molecular complexity index is 599. The van der Waals surface area contributed by atoms with Crippen LogP contribution in [0.4, 0.5) is 0 Å². The van der Waals surface area contributed by atoms with Gasteiger partial charge in [-0.15, -0.1) is 0 Å². The third-order valence-electron chi connectivity index (χ3n) is 7.48. The maximum atomic E-state index is 10.2. The van der Waals surface area contributed by atoms with E-state index in [4.69, 9.17) is 4.74 Å². The number of hydrogen-bond donors (Lipinski definition) is 1. The van der Waals surface area contributed by atoms with Crippen molar-refractivity contribution in [1.29, 1.82) is 5.26 Å². The monoisotopic (exact) mass is 313 g/mol. The minimum Gasteiger partial charge on any atom is -0.501 e. The molecule has 0 saturated heterocycles. The molecule has 2 fully saturated rings. The summed E-state index contributed by atoms with van der Waals surface area (Å²) < 4.78 is 5.47. The lowest BCUT2D eigenvalue weighted by atomic mass is 9.53. The predicted octanol–water partition coefficient (Wildman–Crippen LogP) is 3.96. The summed E-state index contributed by atoms with van der Waals surface area (Å²) in [6.45, 7) is 0.207. The first-order chi connectivity index (χ1) is 11.2. The number of rotatable bonds is 2. The fourth-order valence-corrected chi connectivity index (χ4v) is 6.36. The van der Waals surface area contributed by atoms with Crippen molar-refractivity contribution in [3.63, 3.8) is 0 Å². The average Bonchev–Trinajstić information content (AvgIpc) is 2.99. The fraction of sp³-hybridized carbons (Fsp3) is 0.750. The SMILES string of the molecule is COC1=CCC2=C(CC[C@@H]3[C@@H]2CC[C@]2(CO)[C@H](C#N)CC[C@@H]32)C1. The van der Waals surface area contributed by atoms with E-state index in [-0.39, 0.29) is 17.9 Å². The van der Waals surface area contributed by atoms with E-state index < -0.39 is 0 Å². The molecule has 124 valence electrons. The number of ether oxygens (including phenoxy) is 1. The van der Waals surface area contributed by atoms with Crippen LogP contribution in [0.5, 0.6) is 0 Å². The number of allylic oxidation sites excluding steroid dienone is 3. The van der Waals surface area contributed by atoms with Gasteiger partial charge in [0.05, 0.1) is 31.5 Å². The molecule has 4 aliphatic rings. The molecule has 0 aromatic carbocycles. The molecule has 0 unspecified atom stereocenters. The zero-order chi connectivity index (χ0) is 16.0. The van der Waals surface area contributed by atoms with Gasteiger partial charge in [0.25, 0.3) is 0 Å². The van der Waals surface area contributed by atoms with Gasteiger partial charge in [-0.2, -0.15) is 5.26 Å². The van der Waals surface area contributed by atoms with Crippen LogP contribution in [0.3, 0.4) is 0 Å². The lowest BCUT2D eigenvalue weighted by Crippen LogP contribution is -2.47. The highest BCUT2D eigenvalue weighted by Crippen LogP contribution is 2.62. The Morgan fingerprint density at radius 2 is 2.22 bits per heavy atom. The van der Waals surface area contributed by atoms with E-state index in [1.807, 2.05) is 0 Å². The molecule has 0 radical (unpaired) electrons. The van der Waals surface area contributed by atoms with E-state index in [1.165, 1.54) is 12.8 Å². The van der Waals surface area contributed by atoms with Crippen molar-refractivity contribution in [1.82, 2.24) is 0 Å². The van der Waals surface area contributed by atoms with Crippen molar-refractivity contribution >= 4 is 0 Å². The van der Waals surface area contributed by atoms with Gasteiger partial charge in [-0.1, -0.05) is 11.1 Å². The summed E-state index contributed by atoms with van der Waals surface area (Å²) in [6, 6.07) is 2.52. The minimum atomic E-state index is -0.101. The molecule has 0 aromatic heterocycles. The van der Waals surface area contributed by atoms with Gasteiger partial charge in [0.1, 0.15) is 0 Å². The maximum absolute atomic E-state index is 10.2. The molecule has 0 spiro atoms. The average molecular weight is 313 g/mol. The molecule has 2 saturated carbocycles. The largest absolute Gasteiger partial charge is 0.501 e. The molecule has 0 bridgehead atoms. The fourth-order valence-electron chi connectivity index (χ4n) is 6.36. The standard InChI is InChI=1S/C20H27NO2/c1-23-15-4-6-16-13(10-15)2-5-18-17(16)8-9-20(12-22)14(11-21)3-7-19(18)20/h4,14,17-19,22H,2-3,5-10,12H2,1H3/t14-,17+,18+,19-,20-/m0/s1. The molecule has 5 atom stereocenters. The second-order valence-electron chi connectivity index (χ2n) is 7.99. The summed E-state index contributed by atoms with van der Waals surface area (Å²) in [7, 11) is 1.78. The second-order valence-corrected chi connectivity index (χ2v) is 7.99. The Morgan fingerprint density at radius 3 is 2.96 bits per heavy atom. The minimum absolute atomic E-state index is 0.0696. The second kappa shape index (κ2) is 5.67. The molecule has 1 N–H and O–H groups in total. The normalized spacial score (nSPS) is 42.2. The molecule has 23 heavy (non-hydrogen) atoms. The molecule has 0 amide bonds. The van der Waals surface area contributed by atoms with E-state index in [0.29, 0.717) is 17.8 Å².